The van der Waals surface area contributed by atoms with Crippen LogP contribution in [0.3, 0.4) is 0 Å². The van der Waals surface area contributed by atoms with Crippen LogP contribution >= 0.6 is 0 Å². The number of pyridine rings is 1. The zero-order chi connectivity index (χ0) is 9.84. The normalized spacial score (nSPS) is 9.31. The average Bonchev–Trinajstić information content (AvgIpc) is 2.10. The van der Waals surface area contributed by atoms with E-state index in [1.165, 1.54) is 13.2 Å². The Labute approximate surface area is 74.8 Å². The van der Waals surface area contributed by atoms with Crippen molar-refractivity contribution in [1.82, 2.24) is 4.98 Å². The quantitative estimate of drug-likeness (QED) is 0.687. The van der Waals surface area contributed by atoms with E-state index in [4.69, 9.17) is 15.7 Å². The monoisotopic (exact) mass is 181 g/mol. The van der Waals surface area contributed by atoms with E-state index in [9.17, 15) is 4.39 Å². The lowest BCUT2D eigenvalue weighted by molar-refractivity contribution is 0.412. The summed E-state index contributed by atoms with van der Waals surface area (Å²) in [5.41, 5.74) is 5.53. The van der Waals surface area contributed by atoms with Gasteiger partial charge in [-0.3, -0.25) is 0 Å². The molecule has 5 heteroatoms. The summed E-state index contributed by atoms with van der Waals surface area (Å²) < 4.78 is 17.8. The highest BCUT2D eigenvalue weighted by atomic mass is 19.1. The predicted octanol–water partition coefficient (Wildman–Crippen LogP) is 0.878. The molecule has 0 atom stereocenters. The molecule has 0 radical (unpaired) electrons. The first-order valence-corrected chi connectivity index (χ1v) is 3.55. The third-order valence-electron chi connectivity index (χ3n) is 1.53. The number of hydrogen-bond donors (Lipinski definition) is 1. The van der Waals surface area contributed by atoms with Crippen LogP contribution in [0.2, 0.25) is 0 Å². The molecule has 2 N–H and O–H groups in total. The molecule has 4 nitrogen and oxygen atoms in total. The Morgan fingerprint density at radius 2 is 2.46 bits per heavy atom. The Balaban J connectivity index is 3.16. The molecule has 0 spiro atoms. The molecule has 0 unspecified atom stereocenters. The first kappa shape index (κ1) is 9.26. The van der Waals surface area contributed by atoms with Gasteiger partial charge in [0.25, 0.3) is 0 Å². The summed E-state index contributed by atoms with van der Waals surface area (Å²) in [7, 11) is 1.40. The molecule has 1 aromatic heterocycles. The summed E-state index contributed by atoms with van der Waals surface area (Å²) in [6, 6.07) is 3.20. The molecule has 0 aliphatic rings. The molecule has 0 saturated carbocycles. The Kier molecular flexibility index (Phi) is 2.65. The van der Waals surface area contributed by atoms with Gasteiger partial charge in [0.1, 0.15) is 0 Å². The number of ether oxygens (including phenoxy) is 1. The molecule has 0 bridgehead atoms. The molecule has 68 valence electrons. The lowest BCUT2D eigenvalue weighted by Gasteiger charge is -2.05. The van der Waals surface area contributed by atoms with Crippen molar-refractivity contribution in [3.63, 3.8) is 0 Å². The Morgan fingerprint density at radius 1 is 1.77 bits per heavy atom. The number of rotatable bonds is 2. The fraction of sp³-hybridized carbons (Fsp3) is 0.250. The van der Waals surface area contributed by atoms with Crippen LogP contribution in [0, 0.1) is 17.3 Å². The predicted molar refractivity (Wildman–Crippen MR) is 44.5 cm³/mol. The molecule has 1 rings (SSSR count). The maximum atomic E-state index is 13.0. The van der Waals surface area contributed by atoms with Crippen LogP contribution in [0.25, 0.3) is 0 Å². The van der Waals surface area contributed by atoms with Gasteiger partial charge < -0.3 is 10.5 Å². The van der Waals surface area contributed by atoms with Crippen LogP contribution < -0.4 is 10.5 Å². The second kappa shape index (κ2) is 3.72. The standard InChI is InChI=1S/C8H8FN3O/c1-13-6-4-5(2-3-10)7(9)12-8(6)11/h4H,2H2,1H3,(H2,11,12). The summed E-state index contributed by atoms with van der Waals surface area (Å²) in [4.78, 5) is 3.40. The van der Waals surface area contributed by atoms with E-state index in [0.29, 0.717) is 0 Å². The molecular weight excluding hydrogens is 173 g/mol. The first-order chi connectivity index (χ1) is 6.19. The number of methoxy groups -OCH3 is 1. The van der Waals surface area contributed by atoms with Crippen molar-refractivity contribution in [2.45, 2.75) is 6.42 Å². The van der Waals surface area contributed by atoms with Crippen LogP contribution in [0.15, 0.2) is 6.07 Å². The van der Waals surface area contributed by atoms with Gasteiger partial charge in [0.05, 0.1) is 19.6 Å². The topological polar surface area (TPSA) is 71.9 Å². The van der Waals surface area contributed by atoms with Crippen molar-refractivity contribution in [2.24, 2.45) is 0 Å². The third-order valence-corrected chi connectivity index (χ3v) is 1.53. The highest BCUT2D eigenvalue weighted by molar-refractivity contribution is 5.47. The van der Waals surface area contributed by atoms with Crippen LogP contribution in [0.5, 0.6) is 5.75 Å². The zero-order valence-electron chi connectivity index (χ0n) is 7.04. The van der Waals surface area contributed by atoms with Crippen LogP contribution in [0.1, 0.15) is 5.56 Å². The second-order valence-electron chi connectivity index (χ2n) is 2.36. The number of hydrogen-bond acceptors (Lipinski definition) is 4. The van der Waals surface area contributed by atoms with E-state index < -0.39 is 5.95 Å². The number of anilines is 1. The molecule has 1 heterocycles. The van der Waals surface area contributed by atoms with Crippen molar-refractivity contribution in [3.05, 3.63) is 17.6 Å². The van der Waals surface area contributed by atoms with Crippen LogP contribution in [-0.4, -0.2) is 12.1 Å². The lowest BCUT2D eigenvalue weighted by atomic mass is 10.2. The highest BCUT2D eigenvalue weighted by Gasteiger charge is 2.09. The molecule has 0 aliphatic heterocycles. The smallest absolute Gasteiger partial charge is 0.219 e. The number of nitrogens with two attached hydrogens (primary N) is 1. The molecule has 0 fully saturated rings. The van der Waals surface area contributed by atoms with E-state index >= 15 is 0 Å². The molecule has 0 aromatic carbocycles. The minimum absolute atomic E-state index is 0.0123. The van der Waals surface area contributed by atoms with Gasteiger partial charge in [-0.25, -0.2) is 0 Å². The summed E-state index contributed by atoms with van der Waals surface area (Å²) in [5.74, 6) is -0.451. The van der Waals surface area contributed by atoms with Gasteiger partial charge in [-0.05, 0) is 6.07 Å². The Hall–Kier alpha value is -1.83. The number of aromatic nitrogens is 1. The van der Waals surface area contributed by atoms with E-state index in [2.05, 4.69) is 4.98 Å². The van der Waals surface area contributed by atoms with Gasteiger partial charge in [-0.15, -0.1) is 0 Å². The molecule has 0 amide bonds. The molecular formula is C8H8FN3O. The van der Waals surface area contributed by atoms with Gasteiger partial charge in [0, 0.05) is 5.56 Å². The average molecular weight is 181 g/mol. The minimum Gasteiger partial charge on any atom is -0.493 e. The second-order valence-corrected chi connectivity index (χ2v) is 2.36. The highest BCUT2D eigenvalue weighted by Crippen LogP contribution is 2.21. The molecule has 1 aromatic rings. The summed E-state index contributed by atoms with van der Waals surface area (Å²) >= 11 is 0. The lowest BCUT2D eigenvalue weighted by Crippen LogP contribution is -2.01. The van der Waals surface area contributed by atoms with E-state index in [-0.39, 0.29) is 23.6 Å². The molecule has 0 saturated heterocycles. The van der Waals surface area contributed by atoms with Crippen molar-refractivity contribution in [2.75, 3.05) is 12.8 Å². The Morgan fingerprint density at radius 3 is 3.00 bits per heavy atom. The minimum atomic E-state index is -0.722. The van der Waals surface area contributed by atoms with Gasteiger partial charge in [0.15, 0.2) is 11.6 Å². The summed E-state index contributed by atoms with van der Waals surface area (Å²) in [6.07, 6.45) is -0.0462. The van der Waals surface area contributed by atoms with Crippen LogP contribution in [-0.2, 0) is 6.42 Å². The number of nitrogen functional groups attached to an aromatic ring is 1. The molecule has 13 heavy (non-hydrogen) atoms. The van der Waals surface area contributed by atoms with Gasteiger partial charge in [0.2, 0.25) is 5.95 Å². The maximum Gasteiger partial charge on any atom is 0.219 e. The fourth-order valence-electron chi connectivity index (χ4n) is 0.897. The Bertz CT molecular complexity index is 359. The number of nitriles is 1. The van der Waals surface area contributed by atoms with Gasteiger partial charge in [-0.1, -0.05) is 0 Å². The first-order valence-electron chi connectivity index (χ1n) is 3.55. The molecule has 0 aliphatic carbocycles. The van der Waals surface area contributed by atoms with E-state index in [1.807, 2.05) is 6.07 Å². The van der Waals surface area contributed by atoms with E-state index in [1.54, 1.807) is 0 Å². The summed E-state index contributed by atoms with van der Waals surface area (Å²) in [5, 5.41) is 8.36. The van der Waals surface area contributed by atoms with Gasteiger partial charge >= 0.3 is 0 Å². The van der Waals surface area contributed by atoms with E-state index in [0.717, 1.165) is 0 Å². The van der Waals surface area contributed by atoms with Crippen molar-refractivity contribution in [1.29, 1.82) is 5.26 Å². The van der Waals surface area contributed by atoms with Gasteiger partial charge in [-0.2, -0.15) is 14.6 Å². The fourth-order valence-corrected chi connectivity index (χ4v) is 0.897. The number of halogens is 1. The third kappa shape index (κ3) is 1.85. The van der Waals surface area contributed by atoms with Crippen molar-refractivity contribution in [3.8, 4) is 11.8 Å². The number of nitrogens with zero attached hydrogens (tertiary/aromatic N) is 2. The summed E-state index contributed by atoms with van der Waals surface area (Å²) in [6.45, 7) is 0. The maximum absolute atomic E-state index is 13.0. The largest absolute Gasteiger partial charge is 0.493 e. The van der Waals surface area contributed by atoms with Crippen molar-refractivity contribution >= 4 is 5.82 Å². The SMILES string of the molecule is COc1cc(CC#N)c(F)nc1N. The zero-order valence-corrected chi connectivity index (χ0v) is 7.04. The van der Waals surface area contributed by atoms with Crippen molar-refractivity contribution < 1.29 is 9.13 Å². The van der Waals surface area contributed by atoms with Crippen LogP contribution in [0.4, 0.5) is 10.2 Å².